The lowest BCUT2D eigenvalue weighted by Crippen LogP contribution is -2.25. The molecule has 7 nitrogen and oxygen atoms in total. The van der Waals surface area contributed by atoms with Gasteiger partial charge in [-0.15, -0.1) is 0 Å². The molecule has 1 N–H and O–H groups in total. The van der Waals surface area contributed by atoms with Gasteiger partial charge >= 0.3 is 5.97 Å². The van der Waals surface area contributed by atoms with E-state index in [1.54, 1.807) is 17.0 Å². The van der Waals surface area contributed by atoms with Gasteiger partial charge in [-0.1, -0.05) is 11.6 Å². The van der Waals surface area contributed by atoms with Crippen molar-refractivity contribution in [2.24, 2.45) is 0 Å². The zero-order valence-corrected chi connectivity index (χ0v) is 16.2. The summed E-state index contributed by atoms with van der Waals surface area (Å²) in [6, 6.07) is 8.76. The summed E-state index contributed by atoms with van der Waals surface area (Å²) < 4.78 is 32.5. The van der Waals surface area contributed by atoms with Crippen molar-refractivity contribution in [3.8, 4) is 0 Å². The molecule has 0 aromatic heterocycles. The third-order valence-corrected chi connectivity index (χ3v) is 5.96. The van der Waals surface area contributed by atoms with Crippen LogP contribution in [-0.2, 0) is 26.0 Å². The van der Waals surface area contributed by atoms with Crippen molar-refractivity contribution in [1.29, 1.82) is 0 Å². The first kappa shape index (κ1) is 19.2. The molecule has 0 unspecified atom stereocenters. The minimum Gasteiger partial charge on any atom is -0.465 e. The lowest BCUT2D eigenvalue weighted by molar-refractivity contribution is -0.116. The number of nitrogens with one attached hydrogen (secondary N) is 1. The van der Waals surface area contributed by atoms with Crippen LogP contribution in [0.25, 0.3) is 0 Å². The van der Waals surface area contributed by atoms with E-state index >= 15 is 0 Å². The standard InChI is InChI=1S/C18H17ClN2O5S/c1-11(22)21-8-7-12-9-14(4-6-17(12)21)27(24,25)20-16-10-13(18(23)26-2)3-5-15(16)19/h3-6,9-10,20H,7-8H2,1-2H3. The van der Waals surface area contributed by atoms with Gasteiger partial charge in [-0.3, -0.25) is 9.52 Å². The first-order valence-corrected chi connectivity index (χ1v) is 9.91. The Morgan fingerprint density at radius 3 is 2.59 bits per heavy atom. The van der Waals surface area contributed by atoms with Crippen LogP contribution >= 0.6 is 11.6 Å². The number of methoxy groups -OCH3 is 1. The highest BCUT2D eigenvalue weighted by molar-refractivity contribution is 7.92. The number of nitrogens with zero attached hydrogens (tertiary/aromatic N) is 1. The number of ether oxygens (including phenoxy) is 1. The van der Waals surface area contributed by atoms with Crippen molar-refractivity contribution < 1.29 is 22.7 Å². The van der Waals surface area contributed by atoms with E-state index in [2.05, 4.69) is 9.46 Å². The summed E-state index contributed by atoms with van der Waals surface area (Å²) in [5.41, 5.74) is 1.74. The summed E-state index contributed by atoms with van der Waals surface area (Å²) in [6.07, 6.45) is 0.580. The van der Waals surface area contributed by atoms with Crippen molar-refractivity contribution >= 4 is 44.9 Å². The first-order chi connectivity index (χ1) is 12.7. The summed E-state index contributed by atoms with van der Waals surface area (Å²) in [6.45, 7) is 1.99. The summed E-state index contributed by atoms with van der Waals surface area (Å²) in [4.78, 5) is 24.9. The number of fused-ring (bicyclic) bond motifs is 1. The van der Waals surface area contributed by atoms with Crippen molar-refractivity contribution in [1.82, 2.24) is 0 Å². The predicted octanol–water partition coefficient (Wildman–Crippen LogP) is 2.84. The maximum absolute atomic E-state index is 12.8. The van der Waals surface area contributed by atoms with Crippen molar-refractivity contribution in [2.45, 2.75) is 18.2 Å². The Morgan fingerprint density at radius 1 is 1.19 bits per heavy atom. The van der Waals surface area contributed by atoms with Gasteiger partial charge in [0.25, 0.3) is 10.0 Å². The molecule has 0 spiro atoms. The number of esters is 1. The Kier molecular flexibility index (Phi) is 5.12. The zero-order chi connectivity index (χ0) is 19.8. The van der Waals surface area contributed by atoms with Gasteiger partial charge in [0, 0.05) is 19.2 Å². The normalized spacial score (nSPS) is 13.2. The molecule has 9 heteroatoms. The number of benzene rings is 2. The molecule has 1 heterocycles. The number of amides is 1. The molecule has 1 aliphatic rings. The summed E-state index contributed by atoms with van der Waals surface area (Å²) >= 11 is 6.06. The lowest BCUT2D eigenvalue weighted by atomic mass is 10.2. The van der Waals surface area contributed by atoms with Crippen LogP contribution in [0.5, 0.6) is 0 Å². The number of carbonyl (C=O) groups excluding carboxylic acids is 2. The number of anilines is 2. The monoisotopic (exact) mass is 408 g/mol. The Hall–Kier alpha value is -2.58. The largest absolute Gasteiger partial charge is 0.465 e. The number of sulfonamides is 1. The minimum absolute atomic E-state index is 0.0474. The number of halogens is 1. The van der Waals surface area contributed by atoms with E-state index in [4.69, 9.17) is 11.6 Å². The van der Waals surface area contributed by atoms with Crippen LogP contribution in [0.2, 0.25) is 5.02 Å². The summed E-state index contributed by atoms with van der Waals surface area (Å²) in [5, 5.41) is 0.148. The van der Waals surface area contributed by atoms with E-state index < -0.39 is 16.0 Å². The van der Waals surface area contributed by atoms with Crippen molar-refractivity contribution in [3.05, 3.63) is 52.5 Å². The summed E-state index contributed by atoms with van der Waals surface area (Å²) in [7, 11) is -2.70. The maximum Gasteiger partial charge on any atom is 0.337 e. The molecule has 0 atom stereocenters. The van der Waals surface area contributed by atoms with E-state index in [1.165, 1.54) is 38.3 Å². The van der Waals surface area contributed by atoms with E-state index in [9.17, 15) is 18.0 Å². The van der Waals surface area contributed by atoms with Gasteiger partial charge < -0.3 is 9.64 Å². The number of carbonyl (C=O) groups is 2. The molecule has 0 saturated carbocycles. The van der Waals surface area contributed by atoms with Gasteiger partial charge in [-0.05, 0) is 48.4 Å². The first-order valence-electron chi connectivity index (χ1n) is 8.04. The average Bonchev–Trinajstić information content (AvgIpc) is 3.06. The highest BCUT2D eigenvalue weighted by atomic mass is 35.5. The molecule has 1 aliphatic heterocycles. The van der Waals surface area contributed by atoms with Crippen molar-refractivity contribution in [2.75, 3.05) is 23.3 Å². The molecule has 1 amide bonds. The number of rotatable bonds is 4. The molecule has 2 aromatic rings. The molecule has 0 saturated heterocycles. The smallest absolute Gasteiger partial charge is 0.337 e. The van der Waals surface area contributed by atoms with E-state index in [1.807, 2.05) is 0 Å². The quantitative estimate of drug-likeness (QED) is 0.785. The molecule has 0 fully saturated rings. The van der Waals surface area contributed by atoms with Gasteiger partial charge in [-0.25, -0.2) is 13.2 Å². The van der Waals surface area contributed by atoms with Crippen LogP contribution in [0.15, 0.2) is 41.3 Å². The second-order valence-electron chi connectivity index (χ2n) is 6.00. The lowest BCUT2D eigenvalue weighted by Gasteiger charge is -2.15. The molecular formula is C18H17ClN2O5S. The van der Waals surface area contributed by atoms with E-state index in [0.29, 0.717) is 18.7 Å². The molecule has 0 radical (unpaired) electrons. The number of hydrogen-bond acceptors (Lipinski definition) is 5. The summed E-state index contributed by atoms with van der Waals surface area (Å²) in [5.74, 6) is -0.692. The van der Waals surface area contributed by atoms with Crippen LogP contribution in [-0.4, -0.2) is 33.9 Å². The van der Waals surface area contributed by atoms with Crippen LogP contribution in [0.3, 0.4) is 0 Å². The molecule has 3 rings (SSSR count). The topological polar surface area (TPSA) is 92.8 Å². The van der Waals surface area contributed by atoms with Gasteiger partial charge in [0.1, 0.15) is 0 Å². The molecule has 2 aromatic carbocycles. The van der Waals surface area contributed by atoms with Crippen molar-refractivity contribution in [3.63, 3.8) is 0 Å². The fourth-order valence-corrected chi connectivity index (χ4v) is 4.27. The Bertz CT molecular complexity index is 1040. The fourth-order valence-electron chi connectivity index (χ4n) is 2.92. The minimum atomic E-state index is -3.93. The molecule has 142 valence electrons. The van der Waals surface area contributed by atoms with Crippen LogP contribution in [0, 0.1) is 0 Å². The zero-order valence-electron chi connectivity index (χ0n) is 14.7. The molecular weight excluding hydrogens is 392 g/mol. The highest BCUT2D eigenvalue weighted by Crippen LogP contribution is 2.32. The third-order valence-electron chi connectivity index (χ3n) is 4.27. The molecule has 0 bridgehead atoms. The van der Waals surface area contributed by atoms with Crippen LogP contribution in [0.4, 0.5) is 11.4 Å². The highest BCUT2D eigenvalue weighted by Gasteiger charge is 2.25. The van der Waals surface area contributed by atoms with E-state index in [-0.39, 0.29) is 27.1 Å². The Morgan fingerprint density at radius 2 is 1.93 bits per heavy atom. The SMILES string of the molecule is COC(=O)c1ccc(Cl)c(NS(=O)(=O)c2ccc3c(c2)CCN3C(C)=O)c1. The van der Waals surface area contributed by atoms with Gasteiger partial charge in [-0.2, -0.15) is 0 Å². The van der Waals surface area contributed by atoms with Crippen LogP contribution in [0.1, 0.15) is 22.8 Å². The molecule has 0 aliphatic carbocycles. The molecule has 27 heavy (non-hydrogen) atoms. The third kappa shape index (κ3) is 3.77. The van der Waals surface area contributed by atoms with Gasteiger partial charge in [0.2, 0.25) is 5.91 Å². The average molecular weight is 409 g/mol. The van der Waals surface area contributed by atoms with Gasteiger partial charge in [0.15, 0.2) is 0 Å². The Balaban J connectivity index is 1.92. The van der Waals surface area contributed by atoms with Crippen LogP contribution < -0.4 is 9.62 Å². The predicted molar refractivity (Wildman–Crippen MR) is 102 cm³/mol. The second kappa shape index (κ2) is 7.21. The maximum atomic E-state index is 12.8. The van der Waals surface area contributed by atoms with E-state index in [0.717, 1.165) is 5.56 Å². The van der Waals surface area contributed by atoms with Gasteiger partial charge in [0.05, 0.1) is 28.3 Å². The number of hydrogen-bond donors (Lipinski definition) is 1. The Labute approximate surface area is 161 Å². The fraction of sp³-hybridized carbons (Fsp3) is 0.222. The second-order valence-corrected chi connectivity index (χ2v) is 8.09.